The normalized spacial score (nSPS) is 13.6. The third-order valence-corrected chi connectivity index (χ3v) is 3.31. The molecule has 0 heterocycles. The van der Waals surface area contributed by atoms with E-state index in [4.69, 9.17) is 4.74 Å². The summed E-state index contributed by atoms with van der Waals surface area (Å²) in [4.78, 5) is 0. The minimum absolute atomic E-state index is 0.0750. The second kappa shape index (κ2) is 7.06. The summed E-state index contributed by atoms with van der Waals surface area (Å²) >= 11 is 0. The van der Waals surface area contributed by atoms with Crippen LogP contribution in [-0.4, -0.2) is 24.8 Å². The van der Waals surface area contributed by atoms with Crippen LogP contribution >= 0.6 is 0 Å². The quantitative estimate of drug-likeness (QED) is 0.846. The van der Waals surface area contributed by atoms with Crippen molar-refractivity contribution in [2.45, 2.75) is 59.6 Å². The summed E-state index contributed by atoms with van der Waals surface area (Å²) in [7, 11) is 0. The molecule has 0 saturated heterocycles. The molecule has 2 heteroatoms. The summed E-state index contributed by atoms with van der Waals surface area (Å²) in [5.41, 5.74) is 4.12. The van der Waals surface area contributed by atoms with Crippen LogP contribution in [0.5, 0.6) is 0 Å². The van der Waals surface area contributed by atoms with Gasteiger partial charge < -0.3 is 10.1 Å². The molecule has 0 aliphatic carbocycles. The van der Waals surface area contributed by atoms with Crippen LogP contribution in [0.4, 0.5) is 0 Å². The van der Waals surface area contributed by atoms with E-state index in [0.717, 1.165) is 19.6 Å². The van der Waals surface area contributed by atoms with E-state index in [-0.39, 0.29) is 5.60 Å². The van der Waals surface area contributed by atoms with Gasteiger partial charge >= 0.3 is 0 Å². The Morgan fingerprint density at radius 1 is 1.16 bits per heavy atom. The first-order valence-corrected chi connectivity index (χ1v) is 7.26. The fourth-order valence-electron chi connectivity index (χ4n) is 2.25. The van der Waals surface area contributed by atoms with E-state index in [0.29, 0.717) is 6.04 Å². The van der Waals surface area contributed by atoms with Crippen molar-refractivity contribution in [3.63, 3.8) is 0 Å². The van der Waals surface area contributed by atoms with E-state index in [2.05, 4.69) is 65.1 Å². The number of hydrogen-bond donors (Lipinski definition) is 1. The van der Waals surface area contributed by atoms with Gasteiger partial charge in [0.1, 0.15) is 0 Å². The van der Waals surface area contributed by atoms with Crippen molar-refractivity contribution >= 4 is 0 Å². The highest BCUT2D eigenvalue weighted by Gasteiger charge is 2.16. The second-order valence-corrected chi connectivity index (χ2v) is 6.25. The molecule has 0 spiro atoms. The zero-order valence-electron chi connectivity index (χ0n) is 13.3. The topological polar surface area (TPSA) is 21.3 Å². The Kier molecular flexibility index (Phi) is 6.02. The van der Waals surface area contributed by atoms with Crippen LogP contribution in [0.2, 0.25) is 0 Å². The van der Waals surface area contributed by atoms with E-state index in [1.165, 1.54) is 16.7 Å². The fourth-order valence-corrected chi connectivity index (χ4v) is 2.25. The van der Waals surface area contributed by atoms with Gasteiger partial charge in [-0.3, -0.25) is 0 Å². The number of rotatable bonds is 6. The Hall–Kier alpha value is -0.860. The number of hydrogen-bond acceptors (Lipinski definition) is 2. The van der Waals surface area contributed by atoms with Crippen LogP contribution in [0.3, 0.4) is 0 Å². The maximum atomic E-state index is 5.93. The summed E-state index contributed by atoms with van der Waals surface area (Å²) in [5.74, 6) is 0. The number of likely N-dealkylation sites (N-methyl/N-ethyl adjacent to an activating group) is 1. The van der Waals surface area contributed by atoms with E-state index in [9.17, 15) is 0 Å². The number of ether oxygens (including phenoxy) is 1. The van der Waals surface area contributed by atoms with E-state index in [1.54, 1.807) is 0 Å². The summed E-state index contributed by atoms with van der Waals surface area (Å²) in [6.07, 6.45) is 1.03. The van der Waals surface area contributed by atoms with Gasteiger partial charge in [-0.1, -0.05) is 25.1 Å². The molecule has 1 atom stereocenters. The maximum Gasteiger partial charge on any atom is 0.0629 e. The third-order valence-electron chi connectivity index (χ3n) is 3.31. The first-order chi connectivity index (χ1) is 8.83. The largest absolute Gasteiger partial charge is 0.374 e. The first kappa shape index (κ1) is 16.2. The molecule has 108 valence electrons. The summed E-state index contributed by atoms with van der Waals surface area (Å²) in [5, 5.41) is 3.53. The highest BCUT2D eigenvalue weighted by atomic mass is 16.5. The van der Waals surface area contributed by atoms with Gasteiger partial charge in [0.25, 0.3) is 0 Å². The van der Waals surface area contributed by atoms with Crippen molar-refractivity contribution in [3.05, 3.63) is 34.9 Å². The van der Waals surface area contributed by atoms with Gasteiger partial charge in [-0.15, -0.1) is 0 Å². The van der Waals surface area contributed by atoms with Gasteiger partial charge in [0.05, 0.1) is 12.2 Å². The van der Waals surface area contributed by atoms with Crippen molar-refractivity contribution in [1.29, 1.82) is 0 Å². The molecule has 1 N–H and O–H groups in total. The molecule has 0 fully saturated rings. The molecule has 19 heavy (non-hydrogen) atoms. The number of benzene rings is 1. The Morgan fingerprint density at radius 3 is 2.21 bits per heavy atom. The lowest BCUT2D eigenvalue weighted by atomic mass is 9.96. The van der Waals surface area contributed by atoms with Crippen LogP contribution in [0.1, 0.15) is 44.4 Å². The lowest BCUT2D eigenvalue weighted by Gasteiger charge is -2.26. The molecule has 1 unspecified atom stereocenters. The van der Waals surface area contributed by atoms with Gasteiger partial charge in [0, 0.05) is 6.04 Å². The smallest absolute Gasteiger partial charge is 0.0629 e. The van der Waals surface area contributed by atoms with Gasteiger partial charge in [0.2, 0.25) is 0 Å². The van der Waals surface area contributed by atoms with E-state index >= 15 is 0 Å². The predicted molar refractivity (Wildman–Crippen MR) is 82.8 cm³/mol. The minimum Gasteiger partial charge on any atom is -0.374 e. The molecule has 1 aromatic rings. The molecular formula is C17H29NO. The van der Waals surface area contributed by atoms with Crippen molar-refractivity contribution < 1.29 is 4.74 Å². The summed E-state index contributed by atoms with van der Waals surface area (Å²) in [6, 6.07) is 6.89. The minimum atomic E-state index is -0.0750. The Bertz CT molecular complexity index is 372. The van der Waals surface area contributed by atoms with Crippen molar-refractivity contribution in [2.75, 3.05) is 13.2 Å². The zero-order chi connectivity index (χ0) is 14.5. The van der Waals surface area contributed by atoms with Crippen molar-refractivity contribution in [2.24, 2.45) is 0 Å². The lowest BCUT2D eigenvalue weighted by Crippen LogP contribution is -2.38. The van der Waals surface area contributed by atoms with Gasteiger partial charge in [-0.25, -0.2) is 0 Å². The van der Waals surface area contributed by atoms with Crippen LogP contribution in [-0.2, 0) is 11.2 Å². The molecule has 1 rings (SSSR count). The molecule has 0 saturated carbocycles. The summed E-state index contributed by atoms with van der Waals surface area (Å²) < 4.78 is 5.93. The number of aryl methyl sites for hydroxylation is 2. The third kappa shape index (κ3) is 5.75. The highest BCUT2D eigenvalue weighted by Crippen LogP contribution is 2.16. The zero-order valence-corrected chi connectivity index (χ0v) is 13.3. The fraction of sp³-hybridized carbons (Fsp3) is 0.647. The van der Waals surface area contributed by atoms with Crippen LogP contribution < -0.4 is 5.32 Å². The number of nitrogens with one attached hydrogen (secondary N) is 1. The molecule has 0 amide bonds. The Morgan fingerprint density at radius 2 is 1.74 bits per heavy atom. The van der Waals surface area contributed by atoms with Crippen molar-refractivity contribution in [3.8, 4) is 0 Å². The molecule has 0 aromatic heterocycles. The predicted octanol–water partition coefficient (Wildman–Crippen LogP) is 3.64. The van der Waals surface area contributed by atoms with Gasteiger partial charge in [0.15, 0.2) is 0 Å². The average molecular weight is 263 g/mol. The van der Waals surface area contributed by atoms with Gasteiger partial charge in [-0.05, 0) is 64.3 Å². The average Bonchev–Trinajstić information content (AvgIpc) is 2.30. The molecule has 0 radical (unpaired) electrons. The second-order valence-electron chi connectivity index (χ2n) is 6.25. The lowest BCUT2D eigenvalue weighted by molar-refractivity contribution is -0.0142. The molecular weight excluding hydrogens is 234 g/mol. The monoisotopic (exact) mass is 263 g/mol. The van der Waals surface area contributed by atoms with Crippen molar-refractivity contribution in [1.82, 2.24) is 5.32 Å². The SMILES string of the molecule is CCNC(COC(C)(C)C)Cc1c(C)cccc1C. The van der Waals surface area contributed by atoms with Gasteiger partial charge in [-0.2, -0.15) is 0 Å². The van der Waals surface area contributed by atoms with Crippen LogP contribution in [0.25, 0.3) is 0 Å². The van der Waals surface area contributed by atoms with E-state index in [1.807, 2.05) is 0 Å². The van der Waals surface area contributed by atoms with E-state index < -0.39 is 0 Å². The molecule has 0 aliphatic rings. The highest BCUT2D eigenvalue weighted by molar-refractivity contribution is 5.34. The first-order valence-electron chi connectivity index (χ1n) is 7.26. The molecule has 0 aliphatic heterocycles. The molecule has 2 nitrogen and oxygen atoms in total. The molecule has 1 aromatic carbocycles. The maximum absolute atomic E-state index is 5.93. The van der Waals surface area contributed by atoms with Crippen LogP contribution in [0.15, 0.2) is 18.2 Å². The van der Waals surface area contributed by atoms with Crippen LogP contribution in [0, 0.1) is 13.8 Å². The summed E-state index contributed by atoms with van der Waals surface area (Å²) in [6.45, 7) is 14.6. The Balaban J connectivity index is 2.72. The standard InChI is InChI=1S/C17H29NO/c1-7-18-15(12-19-17(4,5)6)11-16-13(2)9-8-10-14(16)3/h8-10,15,18H,7,11-12H2,1-6H3. The molecule has 0 bridgehead atoms. The Labute approximate surface area is 118 Å².